The molecule has 0 radical (unpaired) electrons. The Hall–Kier alpha value is -3.23. The number of fused-ring (bicyclic) bond motifs is 1. The molecule has 1 aromatic carbocycles. The summed E-state index contributed by atoms with van der Waals surface area (Å²) in [5, 5.41) is 8.59. The van der Waals surface area contributed by atoms with E-state index in [2.05, 4.69) is 30.5 Å². The van der Waals surface area contributed by atoms with E-state index in [1.165, 1.54) is 0 Å². The number of H-pyrrole nitrogens is 3. The Morgan fingerprint density at radius 2 is 2.04 bits per heavy atom. The summed E-state index contributed by atoms with van der Waals surface area (Å²) in [6, 6.07) is 7.30. The zero-order valence-electron chi connectivity index (χ0n) is 12.9. The van der Waals surface area contributed by atoms with Crippen molar-refractivity contribution >= 4 is 16.9 Å². The van der Waals surface area contributed by atoms with E-state index in [1.54, 1.807) is 0 Å². The van der Waals surface area contributed by atoms with Crippen molar-refractivity contribution in [1.29, 1.82) is 0 Å². The SMILES string of the molecule is CC(NC(=O)CCc1n[nH]c(=O)[nH]c1=O)c1nc2ccccc2[nH]1. The van der Waals surface area contributed by atoms with Gasteiger partial charge in [0, 0.05) is 12.8 Å². The number of aryl methyl sites for hydroxylation is 1. The average Bonchev–Trinajstić information content (AvgIpc) is 2.98. The average molecular weight is 328 g/mol. The highest BCUT2D eigenvalue weighted by atomic mass is 16.2. The van der Waals surface area contributed by atoms with Gasteiger partial charge < -0.3 is 10.3 Å². The lowest BCUT2D eigenvalue weighted by Crippen LogP contribution is -2.30. The quantitative estimate of drug-likeness (QED) is 0.528. The molecule has 3 rings (SSSR count). The van der Waals surface area contributed by atoms with Crippen molar-refractivity contribution in [2.24, 2.45) is 0 Å². The molecule has 0 fully saturated rings. The molecule has 0 saturated heterocycles. The van der Waals surface area contributed by atoms with Crippen molar-refractivity contribution in [3.63, 3.8) is 0 Å². The number of imidazole rings is 1. The van der Waals surface area contributed by atoms with Gasteiger partial charge >= 0.3 is 5.69 Å². The van der Waals surface area contributed by atoms with E-state index in [0.29, 0.717) is 5.82 Å². The number of hydrogen-bond acceptors (Lipinski definition) is 5. The number of carbonyl (C=O) groups is 1. The Morgan fingerprint density at radius 1 is 1.25 bits per heavy atom. The third kappa shape index (κ3) is 3.40. The molecule has 9 heteroatoms. The van der Waals surface area contributed by atoms with Gasteiger partial charge in [-0.1, -0.05) is 12.1 Å². The van der Waals surface area contributed by atoms with Crippen LogP contribution in [0.2, 0.25) is 0 Å². The molecular formula is C15H16N6O3. The Morgan fingerprint density at radius 3 is 2.79 bits per heavy atom. The minimum atomic E-state index is -0.674. The standard InChI is InChI=1S/C15H16N6O3/c1-8(13-17-9-4-2-3-5-10(9)18-13)16-12(22)7-6-11-14(23)19-15(24)21-20-11/h2-5,8H,6-7H2,1H3,(H,16,22)(H,17,18)(H2,19,21,23,24). The summed E-state index contributed by atoms with van der Waals surface area (Å²) in [6.45, 7) is 1.82. The number of nitrogens with zero attached hydrogens (tertiary/aromatic N) is 2. The van der Waals surface area contributed by atoms with Crippen LogP contribution in [0.25, 0.3) is 11.0 Å². The highest BCUT2D eigenvalue weighted by Gasteiger charge is 2.14. The number of para-hydroxylation sites is 2. The predicted octanol–water partition coefficient (Wildman–Crippen LogP) is 0.145. The summed E-state index contributed by atoms with van der Waals surface area (Å²) in [6.07, 6.45) is 0.206. The van der Waals surface area contributed by atoms with Crippen molar-refractivity contribution in [2.75, 3.05) is 0 Å². The smallest absolute Gasteiger partial charge is 0.342 e. The molecule has 0 aliphatic carbocycles. The first-order chi connectivity index (χ1) is 11.5. The van der Waals surface area contributed by atoms with Crippen LogP contribution in [-0.2, 0) is 11.2 Å². The van der Waals surface area contributed by atoms with Crippen molar-refractivity contribution in [3.05, 3.63) is 56.6 Å². The largest absolute Gasteiger partial charge is 0.346 e. The van der Waals surface area contributed by atoms with Crippen LogP contribution in [0.4, 0.5) is 0 Å². The number of carbonyl (C=O) groups excluding carboxylic acids is 1. The summed E-state index contributed by atoms with van der Waals surface area (Å²) in [7, 11) is 0. The van der Waals surface area contributed by atoms with Crippen molar-refractivity contribution in [2.45, 2.75) is 25.8 Å². The second-order valence-corrected chi connectivity index (χ2v) is 5.38. The molecule has 0 saturated carbocycles. The van der Waals surface area contributed by atoms with Gasteiger partial charge in [0.1, 0.15) is 11.5 Å². The van der Waals surface area contributed by atoms with Crippen LogP contribution < -0.4 is 16.6 Å². The maximum atomic E-state index is 12.0. The Kier molecular flexibility index (Phi) is 4.23. The van der Waals surface area contributed by atoms with Crippen LogP contribution in [0.3, 0.4) is 0 Å². The van der Waals surface area contributed by atoms with E-state index >= 15 is 0 Å². The fourth-order valence-corrected chi connectivity index (χ4v) is 2.33. The maximum Gasteiger partial charge on any atom is 0.342 e. The van der Waals surface area contributed by atoms with Crippen molar-refractivity contribution in [3.8, 4) is 0 Å². The first-order valence-electron chi connectivity index (χ1n) is 7.45. The van der Waals surface area contributed by atoms with Crippen LogP contribution in [0.1, 0.15) is 30.9 Å². The van der Waals surface area contributed by atoms with Crippen LogP contribution in [0.5, 0.6) is 0 Å². The van der Waals surface area contributed by atoms with Gasteiger partial charge in [-0.15, -0.1) is 0 Å². The highest BCUT2D eigenvalue weighted by Crippen LogP contribution is 2.15. The van der Waals surface area contributed by atoms with E-state index in [4.69, 9.17) is 0 Å². The lowest BCUT2D eigenvalue weighted by atomic mass is 10.2. The predicted molar refractivity (Wildman–Crippen MR) is 86.5 cm³/mol. The van der Waals surface area contributed by atoms with Gasteiger partial charge in [-0.25, -0.2) is 14.9 Å². The fourth-order valence-electron chi connectivity index (χ4n) is 2.33. The van der Waals surface area contributed by atoms with E-state index in [0.717, 1.165) is 11.0 Å². The monoisotopic (exact) mass is 328 g/mol. The molecule has 4 N–H and O–H groups in total. The molecule has 124 valence electrons. The Balaban J connectivity index is 1.61. The molecule has 1 unspecified atom stereocenters. The van der Waals surface area contributed by atoms with E-state index in [-0.39, 0.29) is 30.5 Å². The van der Waals surface area contributed by atoms with Gasteiger partial charge in [0.15, 0.2) is 0 Å². The Bertz CT molecular complexity index is 953. The van der Waals surface area contributed by atoms with Crippen LogP contribution in [-0.4, -0.2) is 31.1 Å². The maximum absolute atomic E-state index is 12.0. The first-order valence-corrected chi connectivity index (χ1v) is 7.45. The number of hydrogen-bond donors (Lipinski definition) is 4. The molecule has 0 aliphatic rings. The summed E-state index contributed by atoms with van der Waals surface area (Å²) < 4.78 is 0. The molecule has 2 heterocycles. The number of rotatable bonds is 5. The molecule has 3 aromatic rings. The highest BCUT2D eigenvalue weighted by molar-refractivity contribution is 5.77. The van der Waals surface area contributed by atoms with E-state index in [9.17, 15) is 14.4 Å². The lowest BCUT2D eigenvalue weighted by molar-refractivity contribution is -0.121. The van der Waals surface area contributed by atoms with Crippen LogP contribution in [0, 0.1) is 0 Å². The van der Waals surface area contributed by atoms with Crippen LogP contribution >= 0.6 is 0 Å². The van der Waals surface area contributed by atoms with E-state index < -0.39 is 11.2 Å². The summed E-state index contributed by atoms with van der Waals surface area (Å²) in [5.41, 5.74) is 0.583. The summed E-state index contributed by atoms with van der Waals surface area (Å²) in [4.78, 5) is 44.1. The minimum absolute atomic E-state index is 0.0761. The number of aromatic amines is 3. The molecule has 24 heavy (non-hydrogen) atoms. The molecule has 1 amide bonds. The topological polar surface area (TPSA) is 136 Å². The molecule has 1 atom stereocenters. The fraction of sp³-hybridized carbons (Fsp3) is 0.267. The third-order valence-electron chi connectivity index (χ3n) is 3.57. The number of aromatic nitrogens is 5. The zero-order valence-corrected chi connectivity index (χ0v) is 12.9. The second kappa shape index (κ2) is 6.49. The number of benzene rings is 1. The summed E-state index contributed by atoms with van der Waals surface area (Å²) >= 11 is 0. The van der Waals surface area contributed by atoms with Gasteiger partial charge in [-0.05, 0) is 19.1 Å². The minimum Gasteiger partial charge on any atom is -0.346 e. The lowest BCUT2D eigenvalue weighted by Gasteiger charge is -2.11. The van der Waals surface area contributed by atoms with E-state index in [1.807, 2.05) is 31.2 Å². The summed E-state index contributed by atoms with van der Waals surface area (Å²) in [5.74, 6) is 0.417. The number of amides is 1. The molecule has 0 aliphatic heterocycles. The van der Waals surface area contributed by atoms with Gasteiger partial charge in [0.25, 0.3) is 5.56 Å². The first kappa shape index (κ1) is 15.7. The van der Waals surface area contributed by atoms with Crippen LogP contribution in [0.15, 0.2) is 33.9 Å². The third-order valence-corrected chi connectivity index (χ3v) is 3.57. The van der Waals surface area contributed by atoms with Crippen molar-refractivity contribution < 1.29 is 4.79 Å². The van der Waals surface area contributed by atoms with Crippen molar-refractivity contribution in [1.82, 2.24) is 30.5 Å². The Labute approximate surface area is 135 Å². The van der Waals surface area contributed by atoms with Gasteiger partial charge in [0.05, 0.1) is 17.1 Å². The van der Waals surface area contributed by atoms with Gasteiger partial charge in [-0.2, -0.15) is 5.10 Å². The normalized spacial score (nSPS) is 12.2. The molecular weight excluding hydrogens is 312 g/mol. The molecule has 0 spiro atoms. The molecule has 2 aromatic heterocycles. The van der Waals surface area contributed by atoms with Gasteiger partial charge in [-0.3, -0.25) is 14.6 Å². The van der Waals surface area contributed by atoms with Gasteiger partial charge in [0.2, 0.25) is 5.91 Å². The number of nitrogens with one attached hydrogen (secondary N) is 4. The zero-order chi connectivity index (χ0) is 17.1. The molecule has 0 bridgehead atoms. The molecule has 9 nitrogen and oxygen atoms in total. The second-order valence-electron chi connectivity index (χ2n) is 5.38.